The van der Waals surface area contributed by atoms with Crippen molar-refractivity contribution in [3.8, 4) is 5.75 Å². The van der Waals surface area contributed by atoms with Crippen LogP contribution >= 0.6 is 0 Å². The maximum Gasteiger partial charge on any atom is 0.409 e. The molecule has 0 aliphatic carbocycles. The summed E-state index contributed by atoms with van der Waals surface area (Å²) in [4.78, 5) is 14.7. The van der Waals surface area contributed by atoms with Crippen molar-refractivity contribution in [3.63, 3.8) is 0 Å². The lowest BCUT2D eigenvalue weighted by molar-refractivity contribution is -0.0233. The molecular weight excluding hydrogens is 545 g/mol. The minimum atomic E-state index is -1.30. The van der Waals surface area contributed by atoms with Crippen molar-refractivity contribution in [2.75, 3.05) is 19.7 Å². The Morgan fingerprint density at radius 3 is 2.40 bits per heavy atom. The van der Waals surface area contributed by atoms with Gasteiger partial charge in [-0.15, -0.1) is 0 Å². The molecule has 1 aliphatic rings. The number of nitrogens with zero attached hydrogens (tertiary/aromatic N) is 1. The first-order valence-electron chi connectivity index (χ1n) is 14.7. The predicted molar refractivity (Wildman–Crippen MR) is 168 cm³/mol. The topological polar surface area (TPSA) is 48.0 Å². The molecule has 220 valence electrons. The highest BCUT2D eigenvalue weighted by molar-refractivity contribution is 6.76. The summed E-state index contributed by atoms with van der Waals surface area (Å²) in [5, 5.41) is 2.20. The van der Waals surface area contributed by atoms with E-state index in [9.17, 15) is 9.18 Å². The SMILES string of the molecule is C[Si](C)(C)CCOC(=O)N1CCC(c2ccc(F)cc2)C(OCc2ccc3ccc(OCc4ccccc4)cc3c2)C1. The second kappa shape index (κ2) is 13.5. The zero-order valence-electron chi connectivity index (χ0n) is 24.7. The fourth-order valence-electron chi connectivity index (χ4n) is 5.28. The van der Waals surface area contributed by atoms with Crippen LogP contribution in [0, 0.1) is 5.82 Å². The largest absolute Gasteiger partial charge is 0.489 e. The lowest BCUT2D eigenvalue weighted by Crippen LogP contribution is -2.47. The minimum absolute atomic E-state index is 0.0510. The third-order valence-electron chi connectivity index (χ3n) is 7.78. The van der Waals surface area contributed by atoms with E-state index < -0.39 is 8.07 Å². The van der Waals surface area contributed by atoms with Crippen molar-refractivity contribution < 1.29 is 23.4 Å². The molecule has 0 aromatic heterocycles. The van der Waals surface area contributed by atoms with Gasteiger partial charge in [-0.05, 0) is 70.3 Å². The summed E-state index contributed by atoms with van der Waals surface area (Å²) < 4.78 is 31.9. The Bertz CT molecular complexity index is 1470. The van der Waals surface area contributed by atoms with E-state index in [0.29, 0.717) is 32.9 Å². The molecule has 5 nitrogen and oxygen atoms in total. The zero-order valence-corrected chi connectivity index (χ0v) is 25.7. The quantitative estimate of drug-likeness (QED) is 0.175. The van der Waals surface area contributed by atoms with Gasteiger partial charge in [0.05, 0.1) is 25.9 Å². The van der Waals surface area contributed by atoms with Gasteiger partial charge in [-0.2, -0.15) is 0 Å². The third-order valence-corrected chi connectivity index (χ3v) is 9.49. The number of hydrogen-bond acceptors (Lipinski definition) is 4. The lowest BCUT2D eigenvalue weighted by Gasteiger charge is -2.38. The predicted octanol–water partition coefficient (Wildman–Crippen LogP) is 8.41. The Labute approximate surface area is 249 Å². The van der Waals surface area contributed by atoms with Crippen LogP contribution in [0.5, 0.6) is 5.75 Å². The van der Waals surface area contributed by atoms with E-state index >= 15 is 0 Å². The number of carbonyl (C=O) groups excluding carboxylic acids is 1. The smallest absolute Gasteiger partial charge is 0.409 e. The van der Waals surface area contributed by atoms with E-state index in [1.54, 1.807) is 4.90 Å². The Balaban J connectivity index is 1.27. The molecule has 7 heteroatoms. The van der Waals surface area contributed by atoms with Gasteiger partial charge in [0.2, 0.25) is 0 Å². The molecule has 0 radical (unpaired) electrons. The van der Waals surface area contributed by atoms with Crippen LogP contribution in [0.15, 0.2) is 91.0 Å². The van der Waals surface area contributed by atoms with E-state index in [1.807, 2.05) is 36.4 Å². The molecule has 2 unspecified atom stereocenters. The molecule has 1 aliphatic heterocycles. The van der Waals surface area contributed by atoms with Gasteiger partial charge in [0.25, 0.3) is 0 Å². The Hall–Kier alpha value is -3.68. The van der Waals surface area contributed by atoms with Crippen LogP contribution in [0.4, 0.5) is 9.18 Å². The van der Waals surface area contributed by atoms with Crippen molar-refractivity contribution in [1.29, 1.82) is 0 Å². The summed E-state index contributed by atoms with van der Waals surface area (Å²) in [5.41, 5.74) is 3.18. The van der Waals surface area contributed by atoms with Crippen LogP contribution in [0.25, 0.3) is 10.8 Å². The van der Waals surface area contributed by atoms with Gasteiger partial charge in [0.1, 0.15) is 18.2 Å². The molecule has 0 bridgehead atoms. The molecule has 5 rings (SSSR count). The van der Waals surface area contributed by atoms with Crippen LogP contribution in [-0.2, 0) is 22.7 Å². The molecule has 1 amide bonds. The first-order valence-corrected chi connectivity index (χ1v) is 18.4. The molecule has 2 atom stereocenters. The average Bonchev–Trinajstić information content (AvgIpc) is 2.99. The minimum Gasteiger partial charge on any atom is -0.489 e. The second-order valence-corrected chi connectivity index (χ2v) is 17.9. The fourth-order valence-corrected chi connectivity index (χ4v) is 5.99. The third kappa shape index (κ3) is 8.20. The normalized spacial score (nSPS) is 17.3. The van der Waals surface area contributed by atoms with Crippen LogP contribution in [0.2, 0.25) is 25.7 Å². The Morgan fingerprint density at radius 2 is 1.64 bits per heavy atom. The molecule has 1 saturated heterocycles. The number of piperidine rings is 1. The van der Waals surface area contributed by atoms with Crippen molar-refractivity contribution in [1.82, 2.24) is 4.90 Å². The van der Waals surface area contributed by atoms with Gasteiger partial charge in [-0.1, -0.05) is 80.3 Å². The molecule has 1 heterocycles. The van der Waals surface area contributed by atoms with E-state index in [1.165, 1.54) is 12.1 Å². The number of halogens is 1. The Kier molecular flexibility index (Phi) is 9.60. The van der Waals surface area contributed by atoms with E-state index in [2.05, 4.69) is 62.1 Å². The van der Waals surface area contributed by atoms with E-state index in [-0.39, 0.29) is 23.9 Å². The zero-order chi connectivity index (χ0) is 29.5. The summed E-state index contributed by atoms with van der Waals surface area (Å²) in [5.74, 6) is 0.606. The maximum absolute atomic E-state index is 13.7. The van der Waals surface area contributed by atoms with Crippen LogP contribution in [0.1, 0.15) is 29.0 Å². The molecule has 0 saturated carbocycles. The van der Waals surface area contributed by atoms with Gasteiger partial charge in [-0.25, -0.2) is 9.18 Å². The summed E-state index contributed by atoms with van der Waals surface area (Å²) in [7, 11) is -1.30. The monoisotopic (exact) mass is 585 g/mol. The number of benzene rings is 4. The number of rotatable bonds is 10. The molecule has 1 fully saturated rings. The van der Waals surface area contributed by atoms with Crippen LogP contribution < -0.4 is 4.74 Å². The fraction of sp³-hybridized carbons (Fsp3) is 0.343. The number of likely N-dealkylation sites (tertiary alicyclic amines) is 1. The number of hydrogen-bond donors (Lipinski definition) is 0. The number of amides is 1. The van der Waals surface area contributed by atoms with Gasteiger partial charge < -0.3 is 19.1 Å². The molecule has 4 aromatic rings. The molecule has 0 N–H and O–H groups in total. The first-order chi connectivity index (χ1) is 20.2. The van der Waals surface area contributed by atoms with Crippen LogP contribution in [-0.4, -0.2) is 44.9 Å². The van der Waals surface area contributed by atoms with Gasteiger partial charge in [0.15, 0.2) is 0 Å². The number of carbonyl (C=O) groups is 1. The summed E-state index contributed by atoms with van der Waals surface area (Å²) in [6, 6.07) is 30.1. The van der Waals surface area contributed by atoms with Crippen LogP contribution in [0.3, 0.4) is 0 Å². The lowest BCUT2D eigenvalue weighted by atomic mass is 9.87. The maximum atomic E-state index is 13.7. The summed E-state index contributed by atoms with van der Waals surface area (Å²) in [6.45, 7) is 9.17. The average molecular weight is 586 g/mol. The highest BCUT2D eigenvalue weighted by atomic mass is 28.3. The highest BCUT2D eigenvalue weighted by Gasteiger charge is 2.34. The molecule has 42 heavy (non-hydrogen) atoms. The van der Waals surface area contributed by atoms with Gasteiger partial charge in [-0.3, -0.25) is 0 Å². The molecular formula is C35H40FNO4Si. The second-order valence-electron chi connectivity index (χ2n) is 12.3. The van der Waals surface area contributed by atoms with Crippen molar-refractivity contribution >= 4 is 24.9 Å². The molecule has 4 aromatic carbocycles. The summed E-state index contributed by atoms with van der Waals surface area (Å²) in [6.07, 6.45) is 0.192. The summed E-state index contributed by atoms with van der Waals surface area (Å²) >= 11 is 0. The standard InChI is InChI=1S/C35H40FNO4Si/c1-42(2,3)20-19-39-35(38)37-18-17-33(29-11-14-31(36)15-12-29)34(23-37)41-25-27-9-10-28-13-16-32(22-30(28)21-27)40-24-26-7-5-4-6-8-26/h4-16,21-22,33-34H,17-20,23-25H2,1-3H3. The number of ether oxygens (including phenoxy) is 3. The molecule has 0 spiro atoms. The van der Waals surface area contributed by atoms with Gasteiger partial charge >= 0.3 is 6.09 Å². The van der Waals surface area contributed by atoms with E-state index in [4.69, 9.17) is 14.2 Å². The highest BCUT2D eigenvalue weighted by Crippen LogP contribution is 2.32. The van der Waals surface area contributed by atoms with E-state index in [0.717, 1.165) is 45.7 Å². The Morgan fingerprint density at radius 1 is 0.881 bits per heavy atom. The van der Waals surface area contributed by atoms with Crippen molar-refractivity contribution in [3.05, 3.63) is 114 Å². The van der Waals surface area contributed by atoms with Crippen molar-refractivity contribution in [2.24, 2.45) is 0 Å². The number of fused-ring (bicyclic) bond motifs is 1. The van der Waals surface area contributed by atoms with Crippen molar-refractivity contribution in [2.45, 2.75) is 57.3 Å². The first kappa shape index (κ1) is 29.8. The van der Waals surface area contributed by atoms with Gasteiger partial charge in [0, 0.05) is 20.5 Å².